The van der Waals surface area contributed by atoms with Crippen molar-refractivity contribution in [3.05, 3.63) is 42.5 Å². The number of likely N-dealkylation sites (N-methyl/N-ethyl adjacent to an activating group) is 1. The molecule has 2 nitrogen and oxygen atoms in total. The van der Waals surface area contributed by atoms with Gasteiger partial charge in [0.1, 0.15) is 0 Å². The number of hydrogen-bond acceptors (Lipinski definition) is 2. The predicted octanol–water partition coefficient (Wildman–Crippen LogP) is 2.24. The van der Waals surface area contributed by atoms with Gasteiger partial charge in [-0.3, -0.25) is 0 Å². The Bertz CT molecular complexity index is 317. The lowest BCUT2D eigenvalue weighted by molar-refractivity contribution is 0.306. The zero-order valence-corrected chi connectivity index (χ0v) is 10.5. The van der Waals surface area contributed by atoms with Gasteiger partial charge in [-0.2, -0.15) is 0 Å². The first-order valence-electron chi connectivity index (χ1n) is 5.71. The highest BCUT2D eigenvalue weighted by molar-refractivity contribution is 5.64. The van der Waals surface area contributed by atoms with E-state index in [1.807, 2.05) is 18.2 Å². The predicted molar refractivity (Wildman–Crippen MR) is 71.5 cm³/mol. The number of nitrogens with zero attached hydrogens (tertiary/aromatic N) is 1. The minimum atomic E-state index is 0.545. The molecule has 2 heteroatoms. The van der Waals surface area contributed by atoms with Crippen LogP contribution in [-0.4, -0.2) is 38.1 Å². The van der Waals surface area contributed by atoms with Crippen molar-refractivity contribution in [2.24, 2.45) is 0 Å². The topological polar surface area (TPSA) is 15.3 Å². The van der Waals surface area contributed by atoms with E-state index in [1.165, 1.54) is 5.56 Å². The van der Waals surface area contributed by atoms with Crippen molar-refractivity contribution in [1.29, 1.82) is 0 Å². The van der Waals surface area contributed by atoms with Crippen molar-refractivity contribution >= 4 is 5.57 Å². The molecular weight excluding hydrogens is 196 g/mol. The van der Waals surface area contributed by atoms with E-state index in [4.69, 9.17) is 0 Å². The van der Waals surface area contributed by atoms with Crippen LogP contribution in [0.5, 0.6) is 0 Å². The molecule has 1 atom stereocenters. The van der Waals surface area contributed by atoms with Crippen molar-refractivity contribution in [3.8, 4) is 0 Å². The van der Waals surface area contributed by atoms with Crippen molar-refractivity contribution in [3.63, 3.8) is 0 Å². The zero-order chi connectivity index (χ0) is 12.0. The molecule has 1 aromatic carbocycles. The lowest BCUT2D eigenvalue weighted by atomic mass is 10.1. The van der Waals surface area contributed by atoms with Gasteiger partial charge in [0.15, 0.2) is 0 Å². The maximum atomic E-state index is 4.09. The minimum absolute atomic E-state index is 0.545. The number of hydrogen-bond donors (Lipinski definition) is 1. The molecule has 0 aliphatic carbocycles. The van der Waals surface area contributed by atoms with Crippen LogP contribution in [0.2, 0.25) is 0 Å². The van der Waals surface area contributed by atoms with Gasteiger partial charge in [0, 0.05) is 19.1 Å². The largest absolute Gasteiger partial charge is 0.311 e. The maximum absolute atomic E-state index is 4.09. The summed E-state index contributed by atoms with van der Waals surface area (Å²) in [5.74, 6) is 0. The van der Waals surface area contributed by atoms with Gasteiger partial charge in [-0.1, -0.05) is 36.9 Å². The molecule has 0 bridgehead atoms. The van der Waals surface area contributed by atoms with Crippen molar-refractivity contribution < 1.29 is 0 Å². The van der Waals surface area contributed by atoms with Gasteiger partial charge >= 0.3 is 0 Å². The number of nitrogens with one attached hydrogen (secondary N) is 1. The molecule has 0 amide bonds. The molecule has 1 unspecified atom stereocenters. The molecule has 1 N–H and O–H groups in total. The summed E-state index contributed by atoms with van der Waals surface area (Å²) < 4.78 is 0. The molecule has 1 rings (SSSR count). The van der Waals surface area contributed by atoms with Crippen LogP contribution >= 0.6 is 0 Å². The van der Waals surface area contributed by atoms with Crippen LogP contribution < -0.4 is 5.32 Å². The van der Waals surface area contributed by atoms with E-state index < -0.39 is 0 Å². The molecule has 0 aliphatic rings. The number of rotatable bonds is 6. The fourth-order valence-corrected chi connectivity index (χ4v) is 1.39. The highest BCUT2D eigenvalue weighted by Gasteiger charge is 2.03. The Balaban J connectivity index is 2.31. The molecule has 0 saturated heterocycles. The normalized spacial score (nSPS) is 12.8. The molecule has 0 radical (unpaired) electrons. The highest BCUT2D eigenvalue weighted by Crippen LogP contribution is 2.09. The van der Waals surface area contributed by atoms with E-state index in [9.17, 15) is 0 Å². The Morgan fingerprint density at radius 1 is 1.31 bits per heavy atom. The van der Waals surface area contributed by atoms with E-state index in [0.29, 0.717) is 6.04 Å². The second-order valence-electron chi connectivity index (χ2n) is 4.41. The van der Waals surface area contributed by atoms with Crippen LogP contribution in [0.4, 0.5) is 0 Å². The Hall–Kier alpha value is -1.12. The quantitative estimate of drug-likeness (QED) is 0.788. The van der Waals surface area contributed by atoms with E-state index in [1.54, 1.807) is 0 Å². The molecule has 0 aliphatic heterocycles. The summed E-state index contributed by atoms with van der Waals surface area (Å²) in [4.78, 5) is 2.21. The van der Waals surface area contributed by atoms with E-state index in [2.05, 4.69) is 49.9 Å². The van der Waals surface area contributed by atoms with Crippen LogP contribution in [0.3, 0.4) is 0 Å². The highest BCUT2D eigenvalue weighted by atomic mass is 15.1. The summed E-state index contributed by atoms with van der Waals surface area (Å²) in [5.41, 5.74) is 2.36. The van der Waals surface area contributed by atoms with Crippen LogP contribution in [0.1, 0.15) is 12.5 Å². The summed E-state index contributed by atoms with van der Waals surface area (Å²) in [5, 5.41) is 3.42. The second-order valence-corrected chi connectivity index (χ2v) is 4.41. The van der Waals surface area contributed by atoms with Crippen LogP contribution in [0.25, 0.3) is 5.57 Å². The summed E-state index contributed by atoms with van der Waals surface area (Å²) in [6, 6.07) is 10.9. The van der Waals surface area contributed by atoms with Crippen molar-refractivity contribution in [2.45, 2.75) is 13.0 Å². The minimum Gasteiger partial charge on any atom is -0.311 e. The zero-order valence-electron chi connectivity index (χ0n) is 10.5. The Labute approximate surface area is 99.0 Å². The van der Waals surface area contributed by atoms with Crippen LogP contribution in [-0.2, 0) is 0 Å². The van der Waals surface area contributed by atoms with Gasteiger partial charge in [-0.05, 0) is 32.2 Å². The molecule has 0 spiro atoms. The van der Waals surface area contributed by atoms with E-state index in [0.717, 1.165) is 18.7 Å². The lowest BCUT2D eigenvalue weighted by Crippen LogP contribution is -2.35. The SMILES string of the molecule is C=C(CNCC(C)N(C)C)c1ccccc1. The Kier molecular flexibility index (Phi) is 5.23. The van der Waals surface area contributed by atoms with E-state index in [-0.39, 0.29) is 0 Å². The van der Waals surface area contributed by atoms with E-state index >= 15 is 0 Å². The van der Waals surface area contributed by atoms with Gasteiger partial charge in [0.05, 0.1) is 0 Å². The molecule has 16 heavy (non-hydrogen) atoms. The van der Waals surface area contributed by atoms with Crippen LogP contribution in [0, 0.1) is 0 Å². The first-order chi connectivity index (χ1) is 7.61. The fourth-order valence-electron chi connectivity index (χ4n) is 1.39. The monoisotopic (exact) mass is 218 g/mol. The molecule has 0 aromatic heterocycles. The fraction of sp³-hybridized carbons (Fsp3) is 0.429. The Morgan fingerprint density at radius 2 is 1.94 bits per heavy atom. The summed E-state index contributed by atoms with van der Waals surface area (Å²) in [6.07, 6.45) is 0. The number of benzene rings is 1. The first-order valence-corrected chi connectivity index (χ1v) is 5.71. The van der Waals surface area contributed by atoms with Crippen LogP contribution in [0.15, 0.2) is 36.9 Å². The van der Waals surface area contributed by atoms with Gasteiger partial charge < -0.3 is 10.2 Å². The third kappa shape index (κ3) is 4.17. The van der Waals surface area contributed by atoms with Crippen molar-refractivity contribution in [2.75, 3.05) is 27.2 Å². The molecule has 88 valence electrons. The molecule has 0 fully saturated rings. The van der Waals surface area contributed by atoms with Gasteiger partial charge in [0.2, 0.25) is 0 Å². The smallest absolute Gasteiger partial charge is 0.0206 e. The van der Waals surface area contributed by atoms with Gasteiger partial charge in [0.25, 0.3) is 0 Å². The summed E-state index contributed by atoms with van der Waals surface area (Å²) >= 11 is 0. The third-order valence-electron chi connectivity index (χ3n) is 2.84. The van der Waals surface area contributed by atoms with Crippen molar-refractivity contribution in [1.82, 2.24) is 10.2 Å². The maximum Gasteiger partial charge on any atom is 0.0206 e. The average Bonchev–Trinajstić information content (AvgIpc) is 2.29. The third-order valence-corrected chi connectivity index (χ3v) is 2.84. The molecule has 1 aromatic rings. The molecular formula is C14H22N2. The summed E-state index contributed by atoms with van der Waals surface area (Å²) in [6.45, 7) is 8.13. The van der Waals surface area contributed by atoms with Gasteiger partial charge in [-0.25, -0.2) is 0 Å². The second kappa shape index (κ2) is 6.46. The van der Waals surface area contributed by atoms with Gasteiger partial charge in [-0.15, -0.1) is 0 Å². The lowest BCUT2D eigenvalue weighted by Gasteiger charge is -2.20. The molecule has 0 heterocycles. The summed E-state index contributed by atoms with van der Waals surface area (Å²) in [7, 11) is 4.19. The molecule has 0 saturated carbocycles. The Morgan fingerprint density at radius 3 is 2.50 bits per heavy atom. The first kappa shape index (κ1) is 12.9. The average molecular weight is 218 g/mol. The standard InChI is InChI=1S/C14H22N2/c1-12(14-8-6-5-7-9-14)10-15-11-13(2)16(3)4/h5-9,13,15H,1,10-11H2,2-4H3.